The van der Waals surface area contributed by atoms with Gasteiger partial charge in [0.05, 0.1) is 56.6 Å². The van der Waals surface area contributed by atoms with Crippen molar-refractivity contribution in [1.29, 1.82) is 0 Å². The Morgan fingerprint density at radius 3 is 1.38 bits per heavy atom. The molecule has 0 aliphatic carbocycles. The molecule has 13 N–H and O–H groups in total. The molecule has 3 aromatic heterocycles. The van der Waals surface area contributed by atoms with Crippen LogP contribution in [0.25, 0.3) is 0 Å². The van der Waals surface area contributed by atoms with Gasteiger partial charge in [0.1, 0.15) is 17.9 Å². The fraction of sp³-hybridized carbons (Fsp3) is 0.762. The number of ether oxygens (including phenoxy) is 2. The van der Waals surface area contributed by atoms with Crippen LogP contribution in [0.5, 0.6) is 0 Å². The number of nitrogens with zero attached hydrogens (tertiary/aromatic N) is 8. The smallest absolute Gasteiger partial charge is 0.334 e. The first-order valence-electron chi connectivity index (χ1n) is 43.6. The lowest BCUT2D eigenvalue weighted by molar-refractivity contribution is -0.129. The molecule has 10 heterocycles. The first kappa shape index (κ1) is 92.4. The van der Waals surface area contributed by atoms with Crippen LogP contribution >= 0.6 is 23.5 Å². The topological polar surface area (TPSA) is 446 Å². The van der Waals surface area contributed by atoms with Crippen molar-refractivity contribution in [2.75, 3.05) is 125 Å². The van der Waals surface area contributed by atoms with Gasteiger partial charge in [-0.2, -0.15) is 38.5 Å². The average molecular weight is 1700 g/mol. The highest BCUT2D eigenvalue weighted by Crippen LogP contribution is 2.35. The molecule has 0 aromatic carbocycles. The molecular weight excluding hydrogens is 1570 g/mol. The van der Waals surface area contributed by atoms with Gasteiger partial charge < -0.3 is 101 Å². The molecule has 38 heteroatoms. The van der Waals surface area contributed by atoms with E-state index in [4.69, 9.17) is 33.3 Å². The fourth-order valence-electron chi connectivity index (χ4n) is 16.5. The van der Waals surface area contributed by atoms with Crippen molar-refractivity contribution < 1.29 is 66.3 Å². The third kappa shape index (κ3) is 31.3. The zero-order valence-electron chi connectivity index (χ0n) is 69.5. The van der Waals surface area contributed by atoms with Gasteiger partial charge in [-0.15, -0.1) is 0 Å². The molecule has 11 amide bonds. The molecule has 0 spiro atoms. The monoisotopic (exact) mass is 1700 g/mol. The Balaban J connectivity index is 0.663. The van der Waals surface area contributed by atoms with Crippen LogP contribution in [0, 0.1) is 5.92 Å². The molecule has 4 unspecified atom stereocenters. The van der Waals surface area contributed by atoms with E-state index in [1.165, 1.54) is 0 Å². The van der Waals surface area contributed by atoms with E-state index in [2.05, 4.69) is 99.7 Å². The second kappa shape index (κ2) is 49.7. The quantitative estimate of drug-likeness (QED) is 0.0205. The van der Waals surface area contributed by atoms with E-state index in [-0.39, 0.29) is 127 Å². The highest BCUT2D eigenvalue weighted by molar-refractivity contribution is 8.00. The Morgan fingerprint density at radius 1 is 0.492 bits per heavy atom. The summed E-state index contributed by atoms with van der Waals surface area (Å²) in [6.07, 6.45) is 24.3. The minimum atomic E-state index is -2.17. The number of ketones is 1. The zero-order valence-corrected chi connectivity index (χ0v) is 72.1. The number of unbranched alkanes of at least 4 members (excludes halogenated alkanes) is 7. The molecule has 7 fully saturated rings. The predicted octanol–water partition coefficient (Wildman–Crippen LogP) is 4.78. The van der Waals surface area contributed by atoms with E-state index >= 15 is 0 Å². The minimum Gasteiger partial charge on any atom is -0.395 e. The molecule has 0 bridgehead atoms. The van der Waals surface area contributed by atoms with Gasteiger partial charge in [-0.25, -0.2) is 19.6 Å². The molecule has 7 aliphatic heterocycles. The number of carbonyl (C=O) groups excluding carboxylic acids is 10. The number of fused-ring (bicyclic) bond motifs is 2. The molecule has 7 aliphatic rings. The van der Waals surface area contributed by atoms with Gasteiger partial charge in [-0.3, -0.25) is 38.4 Å². The number of anilines is 3. The van der Waals surface area contributed by atoms with E-state index in [0.29, 0.717) is 222 Å². The number of imidazole rings is 2. The van der Waals surface area contributed by atoms with E-state index in [0.717, 1.165) is 94.6 Å². The third-order valence-corrected chi connectivity index (χ3v) is 29.2. The largest absolute Gasteiger partial charge is 0.395 e. The summed E-state index contributed by atoms with van der Waals surface area (Å²) in [5.41, 5.74) is 1.40. The van der Waals surface area contributed by atoms with E-state index in [1.807, 2.05) is 37.4 Å². The molecular formula is C80H131N21O14S2Si. The molecule has 0 radical (unpaired) electrons. The van der Waals surface area contributed by atoms with Crippen LogP contribution in [0.1, 0.15) is 199 Å². The molecule has 7 saturated heterocycles. The van der Waals surface area contributed by atoms with Crippen LogP contribution < -0.4 is 73.2 Å². The van der Waals surface area contributed by atoms with Crippen molar-refractivity contribution in [1.82, 2.24) is 93.4 Å². The Labute approximate surface area is 703 Å². The summed E-state index contributed by atoms with van der Waals surface area (Å²) >= 11 is 3.75. The number of hydrogen-bond acceptors (Lipinski definition) is 24. The van der Waals surface area contributed by atoms with Crippen molar-refractivity contribution >= 4 is 109 Å². The van der Waals surface area contributed by atoms with Crippen LogP contribution in [-0.2, 0) is 69.5 Å². The fourth-order valence-corrected chi connectivity index (χ4v) is 22.0. The number of amides is 11. The van der Waals surface area contributed by atoms with Crippen molar-refractivity contribution in [3.05, 3.63) is 36.4 Å². The first-order chi connectivity index (χ1) is 57.4. The molecule has 0 saturated carbocycles. The summed E-state index contributed by atoms with van der Waals surface area (Å²) in [7, 11) is -2.17. The molecule has 35 nitrogen and oxygen atoms in total. The number of piperidine rings is 3. The van der Waals surface area contributed by atoms with Crippen molar-refractivity contribution in [2.45, 2.75) is 271 Å². The number of urea groups is 2. The normalized spacial score (nSPS) is 20.7. The zero-order chi connectivity index (χ0) is 83.3. The maximum Gasteiger partial charge on any atom is 0.334 e. The summed E-state index contributed by atoms with van der Waals surface area (Å²) in [4.78, 5) is 166. The standard InChI is InChI=1S/C80H131N21O14S2Si/c1-4-114-118(3,115-5-2)46-17-14-19-60(102)20-18-42-112-44-45-113-43-35-85-73(107)55-27-36-99(37-28-55)76-96-77(100-38-29-56(30-39-100)88-74(108)61(47-58-49-81-53-86-58)90-69(105)25-8-6-15-33-83-67(103)23-12-10-21-65-71-63(51-116-65)92-79(110)94-71)98-78(97-76)101-40-31-57(32-41-101)89-75(109)62(48-59-50-82-54-87-59)91-70(106)26-9-7-16-34-84-68(104)24-13-11-22-66-72-64(52-117-66)93-80(111)95-72/h49-50,53-57,61-66,71-72H,4-48,51-52H2,1-3H3,(H,81,86)(H,82,87)(H,83,103)(H,84,104)(H,85,107)(H,88,108)(H,89,109)(H,90,105)(H,91,106)(H2,92,94,110)(H2,93,95,111)/t61?,62?,63-,64+,65?,66?,71-,72+. The van der Waals surface area contributed by atoms with E-state index < -0.39 is 20.6 Å². The second-order valence-electron chi connectivity index (χ2n) is 32.3. The van der Waals surface area contributed by atoms with Gasteiger partial charge in [0.2, 0.25) is 59.2 Å². The van der Waals surface area contributed by atoms with Gasteiger partial charge >= 0.3 is 20.6 Å². The van der Waals surface area contributed by atoms with Crippen LogP contribution in [0.3, 0.4) is 0 Å². The maximum atomic E-state index is 14.2. The molecule has 656 valence electrons. The maximum absolute atomic E-state index is 14.2. The molecule has 3 aromatic rings. The second-order valence-corrected chi connectivity index (χ2v) is 38.1. The summed E-state index contributed by atoms with van der Waals surface area (Å²) in [5, 5.41) is 34.2. The number of aromatic amines is 2. The Kier molecular flexibility index (Phi) is 38.9. The Bertz CT molecular complexity index is 3430. The summed E-state index contributed by atoms with van der Waals surface area (Å²) < 4.78 is 23.4. The number of rotatable bonds is 55. The summed E-state index contributed by atoms with van der Waals surface area (Å²) in [6, 6.07) is -0.763. The van der Waals surface area contributed by atoms with Gasteiger partial charge in [0.15, 0.2) is 0 Å². The number of H-pyrrole nitrogens is 2. The highest BCUT2D eigenvalue weighted by Gasteiger charge is 2.44. The first-order valence-corrected chi connectivity index (χ1v) is 48.3. The lowest BCUT2D eigenvalue weighted by Crippen LogP contribution is -2.53. The molecule has 10 rings (SSSR count). The van der Waals surface area contributed by atoms with E-state index in [1.54, 1.807) is 25.0 Å². The lowest BCUT2D eigenvalue weighted by Gasteiger charge is -2.36. The van der Waals surface area contributed by atoms with Crippen LogP contribution in [0.15, 0.2) is 25.0 Å². The average Bonchev–Trinajstić information content (AvgIpc) is 1.44. The number of carbonyl (C=O) groups is 10. The van der Waals surface area contributed by atoms with Crippen molar-refractivity contribution in [2.24, 2.45) is 5.92 Å². The summed E-state index contributed by atoms with van der Waals surface area (Å²) in [6.45, 7) is 13.4. The van der Waals surface area contributed by atoms with Gasteiger partial charge in [-0.1, -0.05) is 32.1 Å². The number of aromatic nitrogens is 7. The highest BCUT2D eigenvalue weighted by atomic mass is 32.2. The number of hydrogen-bond donors (Lipinski definition) is 13. The lowest BCUT2D eigenvalue weighted by atomic mass is 9.96. The SMILES string of the molecule is CCO[Si](C)(CCCCC(=O)CCCOCCOCCNC(=O)C1CCN(c2nc(N3CCC(NC(=O)C(Cc4cnc[nH]4)NC(=O)CCCCCNC(=O)CCCCC4SC[C@@H]5NC(=O)N[C@H]45)CC3)nc(N3CCC(NC(=O)C(Cc4cnc[nH]4)NC(=O)CCCCCNC(=O)CCCCC4SC[C@H]5NC(=O)N[C@@H]45)CC3)n2)CC1)OCC. The predicted molar refractivity (Wildman–Crippen MR) is 453 cm³/mol. The Morgan fingerprint density at radius 2 is 0.924 bits per heavy atom. The Hall–Kier alpha value is -7.91. The number of Topliss-reactive ketones (excluding diaryl/α,β-unsaturated/α-hetero) is 1. The van der Waals surface area contributed by atoms with Gasteiger partial charge in [0, 0.05) is 194 Å². The van der Waals surface area contributed by atoms with Crippen LogP contribution in [0.4, 0.5) is 27.4 Å². The van der Waals surface area contributed by atoms with Gasteiger partial charge in [0.25, 0.3) is 0 Å². The van der Waals surface area contributed by atoms with Crippen molar-refractivity contribution in [3.63, 3.8) is 0 Å². The van der Waals surface area contributed by atoms with E-state index in [9.17, 15) is 47.9 Å². The van der Waals surface area contributed by atoms with Gasteiger partial charge in [-0.05, 0) is 129 Å². The van der Waals surface area contributed by atoms with Crippen LogP contribution in [-0.4, -0.2) is 272 Å². The molecule has 8 atom stereocenters. The number of thioether (sulfide) groups is 2. The molecule has 118 heavy (non-hydrogen) atoms. The minimum absolute atomic E-state index is 0.0106. The van der Waals surface area contributed by atoms with Crippen molar-refractivity contribution in [3.8, 4) is 0 Å². The van der Waals surface area contributed by atoms with Crippen LogP contribution in [0.2, 0.25) is 12.6 Å². The number of nitrogens with one attached hydrogen (secondary N) is 13. The third-order valence-electron chi connectivity index (χ3n) is 23.1. The summed E-state index contributed by atoms with van der Waals surface area (Å²) in [5.74, 6) is 2.19.